The lowest BCUT2D eigenvalue weighted by molar-refractivity contribution is 0.198. The fourth-order valence-corrected chi connectivity index (χ4v) is 15.9. The zero-order chi connectivity index (χ0) is 83.5. The molecule has 12 heteroatoms. The number of hydrogen-bond acceptors (Lipinski definition) is 12. The number of aryl methyl sites for hydroxylation is 2. The summed E-state index contributed by atoms with van der Waals surface area (Å²) in [6.07, 6.45) is 14.8. The Kier molecular flexibility index (Phi) is 34.1. The Hall–Kier alpha value is -12.0. The van der Waals surface area contributed by atoms with Crippen LogP contribution in [0.5, 0.6) is 40.2 Å². The average Bonchev–Trinajstić information content (AvgIpc) is 1.19. The highest BCUT2D eigenvalue weighted by Crippen LogP contribution is 2.41. The van der Waals surface area contributed by atoms with Crippen molar-refractivity contribution in [3.63, 3.8) is 0 Å². The van der Waals surface area contributed by atoms with Crippen LogP contribution in [-0.4, -0.2) is 120 Å². The third-order valence-electron chi connectivity index (χ3n) is 22.2. The number of phenols is 4. The van der Waals surface area contributed by atoms with Crippen LogP contribution < -0.4 is 20.1 Å². The highest BCUT2D eigenvalue weighted by atomic mass is 16.5. The fraction of sp³-hybridized carbons (Fsp3) is 0.262. The largest absolute Gasteiger partial charge is 0.508 e. The number of aromatic nitrogens is 1. The summed E-state index contributed by atoms with van der Waals surface area (Å²) in [7, 11) is 6.06. The van der Waals surface area contributed by atoms with Gasteiger partial charge in [0.1, 0.15) is 53.5 Å². The number of ether oxygens (including phenoxy) is 2. The molecule has 12 nitrogen and oxygen atoms in total. The topological polar surface area (TPSA) is 163 Å². The summed E-state index contributed by atoms with van der Waals surface area (Å²) < 4.78 is 11.8. The van der Waals surface area contributed by atoms with Gasteiger partial charge in [-0.15, -0.1) is 0 Å². The van der Waals surface area contributed by atoms with Gasteiger partial charge in [-0.2, -0.15) is 0 Å². The number of nitrogens with one attached hydrogen (secondary N) is 2. The van der Waals surface area contributed by atoms with Crippen molar-refractivity contribution in [3.05, 3.63) is 381 Å². The normalized spacial score (nSPS) is 14.2. The van der Waals surface area contributed by atoms with Crippen molar-refractivity contribution in [1.82, 2.24) is 25.4 Å². The third-order valence-corrected chi connectivity index (χ3v) is 22.2. The third kappa shape index (κ3) is 25.5. The average molecular weight is 1590 g/mol. The summed E-state index contributed by atoms with van der Waals surface area (Å²) in [4.78, 5) is 9.39. The van der Waals surface area contributed by atoms with E-state index < -0.39 is 0 Å². The number of likely N-dealkylation sites (tertiary alicyclic amines) is 2. The zero-order valence-corrected chi connectivity index (χ0v) is 70.5. The monoisotopic (exact) mass is 1590 g/mol. The molecule has 1 unspecified atom stereocenters. The number of nitrogens with zero attached hydrogens (tertiary/aromatic N) is 3. The van der Waals surface area contributed by atoms with E-state index >= 15 is 0 Å². The Morgan fingerprint density at radius 3 is 1.03 bits per heavy atom. The van der Waals surface area contributed by atoms with Crippen LogP contribution in [0.1, 0.15) is 170 Å². The molecule has 1 atom stereocenters. The minimum Gasteiger partial charge on any atom is -0.508 e. The summed E-state index contributed by atoms with van der Waals surface area (Å²) in [5, 5.41) is 54.9. The number of rotatable bonds is 31. The minimum atomic E-state index is 0.137. The van der Waals surface area contributed by atoms with E-state index in [9.17, 15) is 25.5 Å². The molecular formula is C107H119N5O7. The molecule has 0 aliphatic carbocycles. The predicted molar refractivity (Wildman–Crippen MR) is 495 cm³/mol. The van der Waals surface area contributed by atoms with Gasteiger partial charge >= 0.3 is 0 Å². The second kappa shape index (κ2) is 46.2. The fourth-order valence-electron chi connectivity index (χ4n) is 15.9. The number of allylic oxidation sites excluding steroid dienone is 4. The molecule has 2 aliphatic heterocycles. The molecule has 2 aliphatic rings. The number of likely N-dealkylation sites (N-methyl/N-ethyl adjacent to an activating group) is 2. The van der Waals surface area contributed by atoms with Gasteiger partial charge in [0.05, 0.1) is 11.9 Å². The molecule has 0 bridgehead atoms. The molecule has 0 amide bonds. The SMILES string of the molecule is CCC(=C(c1ccc(O)cc1)c1ccc(CCCN2CCCC2)cc1)c1ccccc1.CCC(=C(c1ccc(O)cc1)c1ccc(CCCNC)cc1)c1ccccc1.CCC(=C(c1ccc(O)cc1)c1ccc(OCC2CCCN2C)cc1)c1ccccc1.CCC(=C(c1ccc(O)cc1)c1ccc(OCCNC)cc1)c1ccc(O)cn1. The van der Waals surface area contributed by atoms with E-state index in [1.807, 2.05) is 99.0 Å². The van der Waals surface area contributed by atoms with Crippen LogP contribution in [0.25, 0.3) is 44.6 Å². The molecule has 3 heterocycles. The molecule has 614 valence electrons. The number of pyridine rings is 1. The van der Waals surface area contributed by atoms with Crippen LogP contribution in [-0.2, 0) is 12.8 Å². The smallest absolute Gasteiger partial charge is 0.133 e. The van der Waals surface area contributed by atoms with Crippen molar-refractivity contribution in [2.75, 3.05) is 73.6 Å². The van der Waals surface area contributed by atoms with E-state index in [2.05, 4.69) is 218 Å². The lowest BCUT2D eigenvalue weighted by atomic mass is 9.87. The van der Waals surface area contributed by atoms with E-state index in [1.165, 1.54) is 130 Å². The summed E-state index contributed by atoms with van der Waals surface area (Å²) in [6, 6.07) is 100.0. The van der Waals surface area contributed by atoms with Crippen LogP contribution in [0.4, 0.5) is 0 Å². The van der Waals surface area contributed by atoms with Gasteiger partial charge in [-0.3, -0.25) is 4.98 Å². The Labute approximate surface area is 706 Å². The van der Waals surface area contributed by atoms with E-state index in [0.717, 1.165) is 133 Å². The molecule has 0 radical (unpaired) electrons. The Morgan fingerprint density at radius 1 is 0.353 bits per heavy atom. The Balaban J connectivity index is 0.000000156. The lowest BCUT2D eigenvalue weighted by Crippen LogP contribution is -2.30. The van der Waals surface area contributed by atoms with Crippen LogP contribution in [0.2, 0.25) is 0 Å². The summed E-state index contributed by atoms with van der Waals surface area (Å²) in [6.45, 7) is 16.8. The highest BCUT2D eigenvalue weighted by Gasteiger charge is 2.23. The van der Waals surface area contributed by atoms with Crippen molar-refractivity contribution in [2.45, 2.75) is 111 Å². The van der Waals surface area contributed by atoms with E-state index in [-0.39, 0.29) is 17.2 Å². The number of hydrogen-bond donors (Lipinski definition) is 7. The molecule has 2 fully saturated rings. The zero-order valence-electron chi connectivity index (χ0n) is 70.5. The van der Waals surface area contributed by atoms with Crippen molar-refractivity contribution < 1.29 is 35.0 Å². The van der Waals surface area contributed by atoms with Gasteiger partial charge < -0.3 is 55.4 Å². The van der Waals surface area contributed by atoms with Crippen LogP contribution in [0, 0.1) is 0 Å². The number of aromatic hydroxyl groups is 5. The van der Waals surface area contributed by atoms with Gasteiger partial charge in [0.2, 0.25) is 0 Å². The Morgan fingerprint density at radius 2 is 0.689 bits per heavy atom. The minimum absolute atomic E-state index is 0.137. The summed E-state index contributed by atoms with van der Waals surface area (Å²) in [5.41, 5.74) is 25.9. The van der Waals surface area contributed by atoms with E-state index in [0.29, 0.717) is 24.1 Å². The molecule has 1 aromatic heterocycles. The first-order chi connectivity index (χ1) is 58.2. The first-order valence-electron chi connectivity index (χ1n) is 42.5. The maximum absolute atomic E-state index is 9.80. The van der Waals surface area contributed by atoms with Crippen molar-refractivity contribution in [3.8, 4) is 40.2 Å². The summed E-state index contributed by atoms with van der Waals surface area (Å²) in [5.74, 6) is 2.96. The first kappa shape index (κ1) is 87.8. The van der Waals surface area contributed by atoms with Gasteiger partial charge in [0.25, 0.3) is 0 Å². The van der Waals surface area contributed by atoms with Gasteiger partial charge in [0, 0.05) is 12.6 Å². The van der Waals surface area contributed by atoms with Crippen molar-refractivity contribution in [1.29, 1.82) is 0 Å². The molecule has 119 heavy (non-hydrogen) atoms. The molecule has 14 rings (SSSR count). The second-order valence-electron chi connectivity index (χ2n) is 30.4. The standard InChI is InChI=1S/C29H33NO.C28H31NO2.C26H29NO.C24H26N2O3/c1-2-28(24-10-4-3-5-11-24)29(26-16-18-27(31)19-17-26)25-14-12-23(13-15-25)9-8-22-30-20-6-7-21-30;1-3-27(21-8-5-4-6-9-21)28(22-11-15-25(30)16-12-22)23-13-17-26(18-14-23)31-20-24-10-7-19-29(24)2;1-3-25(21-9-5-4-6-10-21)26(23-15-17-24(28)18-16-23)22-13-11-20(12-14-22)8-7-19-27-2;1-3-22(23-13-10-20(28)16-26-23)24(17-4-8-19(27)9-5-17)18-6-11-21(12-7-18)29-15-14-25-2/h3-5,10-19,31H,2,6-9,20-22H2,1H3;4-6,8-9,11-18,24,30H,3,7,10,19-20H2,1-2H3;4-6,9-18,27-28H,3,7-8,19H2,1-2H3;4-13,16,25,27-28H,3,14-15H2,1-2H3. The van der Waals surface area contributed by atoms with Gasteiger partial charge in [-0.25, -0.2) is 0 Å². The maximum atomic E-state index is 9.80. The first-order valence-corrected chi connectivity index (χ1v) is 42.5. The molecule has 2 saturated heterocycles. The van der Waals surface area contributed by atoms with Crippen molar-refractivity contribution in [2.24, 2.45) is 0 Å². The molecular weight excluding hydrogens is 1470 g/mol. The molecule has 0 spiro atoms. The second-order valence-corrected chi connectivity index (χ2v) is 30.4. The van der Waals surface area contributed by atoms with Gasteiger partial charge in [-0.1, -0.05) is 240 Å². The summed E-state index contributed by atoms with van der Waals surface area (Å²) >= 11 is 0. The lowest BCUT2D eigenvalue weighted by Gasteiger charge is -2.20. The highest BCUT2D eigenvalue weighted by molar-refractivity contribution is 6.01. The van der Waals surface area contributed by atoms with Gasteiger partial charge in [0.15, 0.2) is 0 Å². The molecule has 11 aromatic carbocycles. The van der Waals surface area contributed by atoms with Crippen LogP contribution in [0.3, 0.4) is 0 Å². The van der Waals surface area contributed by atoms with E-state index in [1.54, 1.807) is 54.6 Å². The van der Waals surface area contributed by atoms with Crippen molar-refractivity contribution >= 4 is 44.6 Å². The molecule has 0 saturated carbocycles. The van der Waals surface area contributed by atoms with Crippen LogP contribution >= 0.6 is 0 Å². The maximum Gasteiger partial charge on any atom is 0.133 e. The quantitative estimate of drug-likeness (QED) is 0.0163. The predicted octanol–water partition coefficient (Wildman–Crippen LogP) is 23.4. The molecule has 7 N–H and O–H groups in total. The van der Waals surface area contributed by atoms with E-state index in [4.69, 9.17) is 9.47 Å². The number of benzene rings is 11. The Bertz CT molecular complexity index is 5150. The number of phenolic OH excluding ortho intramolecular Hbond substituents is 4. The van der Waals surface area contributed by atoms with Crippen LogP contribution in [0.15, 0.2) is 303 Å². The van der Waals surface area contributed by atoms with Gasteiger partial charge in [-0.05, 0) is 333 Å². The molecule has 12 aromatic rings.